The average Bonchev–Trinajstić information content (AvgIpc) is 3.36. The molecule has 158 valence electrons. The molecule has 2 aliphatic heterocycles. The summed E-state index contributed by atoms with van der Waals surface area (Å²) >= 11 is 0. The SMILES string of the molecule is Cc1ccc(C2=NN(C(=O)NC(C)c3nc(C)no3)C[C@@H]2C2OCCNC2=O)cc1. The second kappa shape index (κ2) is 8.23. The molecule has 2 unspecified atom stereocenters. The summed E-state index contributed by atoms with van der Waals surface area (Å²) in [5.41, 5.74) is 2.61. The van der Waals surface area contributed by atoms with Crippen molar-refractivity contribution in [1.82, 2.24) is 25.8 Å². The molecule has 2 aromatic rings. The van der Waals surface area contributed by atoms with Crippen LogP contribution in [0.25, 0.3) is 0 Å². The molecule has 30 heavy (non-hydrogen) atoms. The third-order valence-electron chi connectivity index (χ3n) is 5.11. The lowest BCUT2D eigenvalue weighted by atomic mass is 9.91. The fraction of sp³-hybridized carbons (Fsp3) is 0.450. The number of hydrogen-bond donors (Lipinski definition) is 2. The lowest BCUT2D eigenvalue weighted by molar-refractivity contribution is -0.139. The highest BCUT2D eigenvalue weighted by Gasteiger charge is 2.42. The van der Waals surface area contributed by atoms with Crippen molar-refractivity contribution in [2.24, 2.45) is 11.0 Å². The van der Waals surface area contributed by atoms with Crippen LogP contribution in [-0.4, -0.2) is 58.6 Å². The summed E-state index contributed by atoms with van der Waals surface area (Å²) in [6.45, 7) is 6.58. The molecule has 4 rings (SSSR count). The Kier molecular flexibility index (Phi) is 5.49. The smallest absolute Gasteiger partial charge is 0.338 e. The van der Waals surface area contributed by atoms with Crippen LogP contribution >= 0.6 is 0 Å². The number of amides is 3. The van der Waals surface area contributed by atoms with Crippen LogP contribution in [0, 0.1) is 19.8 Å². The summed E-state index contributed by atoms with van der Waals surface area (Å²) < 4.78 is 10.9. The van der Waals surface area contributed by atoms with E-state index in [4.69, 9.17) is 9.26 Å². The van der Waals surface area contributed by atoms with E-state index >= 15 is 0 Å². The van der Waals surface area contributed by atoms with Gasteiger partial charge in [0.15, 0.2) is 5.82 Å². The number of aromatic nitrogens is 2. The molecule has 0 bridgehead atoms. The van der Waals surface area contributed by atoms with Gasteiger partial charge in [-0.25, -0.2) is 9.80 Å². The summed E-state index contributed by atoms with van der Waals surface area (Å²) in [5.74, 6) is 0.240. The topological polar surface area (TPSA) is 122 Å². The Morgan fingerprint density at radius 3 is 2.73 bits per heavy atom. The Labute approximate surface area is 173 Å². The number of hydrazone groups is 1. The first-order chi connectivity index (χ1) is 14.4. The molecule has 1 aromatic carbocycles. The number of morpholine rings is 1. The zero-order chi connectivity index (χ0) is 21.3. The molecule has 3 amide bonds. The summed E-state index contributed by atoms with van der Waals surface area (Å²) in [6, 6.07) is 6.92. The minimum absolute atomic E-state index is 0.192. The number of ether oxygens (including phenoxy) is 1. The van der Waals surface area contributed by atoms with Crippen LogP contribution in [0.2, 0.25) is 0 Å². The minimum atomic E-state index is -0.701. The number of hydrogen-bond acceptors (Lipinski definition) is 7. The van der Waals surface area contributed by atoms with Gasteiger partial charge in [0, 0.05) is 6.54 Å². The number of carbonyl (C=O) groups is 2. The Morgan fingerprint density at radius 2 is 2.07 bits per heavy atom. The van der Waals surface area contributed by atoms with Gasteiger partial charge in [0.05, 0.1) is 24.8 Å². The highest BCUT2D eigenvalue weighted by Crippen LogP contribution is 2.26. The van der Waals surface area contributed by atoms with Gasteiger partial charge in [0.1, 0.15) is 12.1 Å². The predicted octanol–water partition coefficient (Wildman–Crippen LogP) is 1.31. The molecule has 10 heteroatoms. The summed E-state index contributed by atoms with van der Waals surface area (Å²) in [6.07, 6.45) is -0.701. The molecule has 0 radical (unpaired) electrons. The summed E-state index contributed by atoms with van der Waals surface area (Å²) in [5, 5.41) is 15.2. The molecular weight excluding hydrogens is 388 g/mol. The van der Waals surface area contributed by atoms with Crippen molar-refractivity contribution in [3.8, 4) is 0 Å². The Morgan fingerprint density at radius 1 is 1.30 bits per heavy atom. The van der Waals surface area contributed by atoms with E-state index in [1.165, 1.54) is 5.01 Å². The normalized spacial score (nSPS) is 22.4. The predicted molar refractivity (Wildman–Crippen MR) is 107 cm³/mol. The van der Waals surface area contributed by atoms with Crippen molar-refractivity contribution in [2.75, 3.05) is 19.7 Å². The molecule has 1 fully saturated rings. The van der Waals surface area contributed by atoms with Crippen LogP contribution in [0.5, 0.6) is 0 Å². The number of carbonyl (C=O) groups excluding carboxylic acids is 2. The highest BCUT2D eigenvalue weighted by atomic mass is 16.5. The number of nitrogens with one attached hydrogen (secondary N) is 2. The van der Waals surface area contributed by atoms with E-state index in [1.54, 1.807) is 13.8 Å². The van der Waals surface area contributed by atoms with Gasteiger partial charge in [-0.3, -0.25) is 4.79 Å². The van der Waals surface area contributed by atoms with Gasteiger partial charge in [0.2, 0.25) is 11.8 Å². The van der Waals surface area contributed by atoms with Crippen LogP contribution in [0.15, 0.2) is 33.9 Å². The van der Waals surface area contributed by atoms with E-state index in [9.17, 15) is 9.59 Å². The molecular formula is C20H24N6O4. The first-order valence-electron chi connectivity index (χ1n) is 9.85. The quantitative estimate of drug-likeness (QED) is 0.781. The minimum Gasteiger partial charge on any atom is -0.366 e. The molecule has 10 nitrogen and oxygen atoms in total. The Bertz CT molecular complexity index is 970. The summed E-state index contributed by atoms with van der Waals surface area (Å²) in [7, 11) is 0. The third kappa shape index (κ3) is 4.04. The lowest BCUT2D eigenvalue weighted by Crippen LogP contribution is -2.51. The second-order valence-corrected chi connectivity index (χ2v) is 7.47. The van der Waals surface area contributed by atoms with Crippen LogP contribution in [0.1, 0.15) is 35.8 Å². The van der Waals surface area contributed by atoms with Gasteiger partial charge in [-0.1, -0.05) is 35.0 Å². The Hall–Kier alpha value is -3.27. The monoisotopic (exact) mass is 412 g/mol. The van der Waals surface area contributed by atoms with Crippen molar-refractivity contribution >= 4 is 17.6 Å². The molecule has 1 saturated heterocycles. The van der Waals surface area contributed by atoms with E-state index < -0.39 is 18.2 Å². The van der Waals surface area contributed by atoms with Gasteiger partial charge >= 0.3 is 6.03 Å². The molecule has 0 aliphatic carbocycles. The zero-order valence-corrected chi connectivity index (χ0v) is 17.1. The van der Waals surface area contributed by atoms with E-state index in [2.05, 4.69) is 25.9 Å². The molecule has 3 heterocycles. The molecule has 2 aliphatic rings. The van der Waals surface area contributed by atoms with Crippen LogP contribution in [0.4, 0.5) is 4.79 Å². The highest BCUT2D eigenvalue weighted by molar-refractivity contribution is 6.07. The van der Waals surface area contributed by atoms with E-state index in [0.29, 0.717) is 30.6 Å². The maximum atomic E-state index is 12.9. The van der Waals surface area contributed by atoms with Crippen molar-refractivity contribution in [3.05, 3.63) is 47.1 Å². The van der Waals surface area contributed by atoms with E-state index in [1.807, 2.05) is 31.2 Å². The zero-order valence-electron chi connectivity index (χ0n) is 17.1. The van der Waals surface area contributed by atoms with Crippen molar-refractivity contribution in [1.29, 1.82) is 0 Å². The fourth-order valence-corrected chi connectivity index (χ4v) is 3.53. The second-order valence-electron chi connectivity index (χ2n) is 7.47. The first kappa shape index (κ1) is 20.0. The number of benzene rings is 1. The average molecular weight is 412 g/mol. The number of urea groups is 1. The van der Waals surface area contributed by atoms with Crippen molar-refractivity contribution < 1.29 is 18.8 Å². The largest absolute Gasteiger partial charge is 0.366 e. The van der Waals surface area contributed by atoms with Crippen LogP contribution < -0.4 is 10.6 Å². The Balaban J connectivity index is 1.56. The maximum Gasteiger partial charge on any atom is 0.338 e. The van der Waals surface area contributed by atoms with Gasteiger partial charge in [0.25, 0.3) is 0 Å². The van der Waals surface area contributed by atoms with Gasteiger partial charge in [-0.15, -0.1) is 0 Å². The van der Waals surface area contributed by atoms with E-state index in [-0.39, 0.29) is 18.4 Å². The maximum absolute atomic E-state index is 12.9. The number of aryl methyl sites for hydroxylation is 2. The van der Waals surface area contributed by atoms with Crippen LogP contribution in [0.3, 0.4) is 0 Å². The van der Waals surface area contributed by atoms with Crippen molar-refractivity contribution in [3.63, 3.8) is 0 Å². The van der Waals surface area contributed by atoms with Gasteiger partial charge in [-0.2, -0.15) is 10.1 Å². The molecule has 2 N–H and O–H groups in total. The lowest BCUT2D eigenvalue weighted by Gasteiger charge is -2.28. The molecule has 0 spiro atoms. The number of nitrogens with zero attached hydrogens (tertiary/aromatic N) is 4. The third-order valence-corrected chi connectivity index (χ3v) is 5.11. The molecule has 0 saturated carbocycles. The number of rotatable bonds is 4. The molecule has 1 aromatic heterocycles. The first-order valence-corrected chi connectivity index (χ1v) is 9.85. The van der Waals surface area contributed by atoms with Gasteiger partial charge in [-0.05, 0) is 26.3 Å². The standard InChI is InChI=1S/C20H24N6O4/c1-11-4-6-14(7-5-11)16-15(17-18(27)21-8-9-29-17)10-26(24-16)20(28)22-12(2)19-23-13(3)25-30-19/h4-7,12,15,17H,8-10H2,1-3H3,(H,21,27)(H,22,28)/t12?,15-,17?/m0/s1. The van der Waals surface area contributed by atoms with Crippen LogP contribution in [-0.2, 0) is 9.53 Å². The van der Waals surface area contributed by atoms with E-state index in [0.717, 1.165) is 11.1 Å². The van der Waals surface area contributed by atoms with Crippen molar-refractivity contribution in [2.45, 2.75) is 32.9 Å². The summed E-state index contributed by atoms with van der Waals surface area (Å²) in [4.78, 5) is 29.4. The van der Waals surface area contributed by atoms with Gasteiger partial charge < -0.3 is 19.9 Å². The molecule has 3 atom stereocenters. The fourth-order valence-electron chi connectivity index (χ4n) is 3.53.